The van der Waals surface area contributed by atoms with Crippen molar-refractivity contribution in [2.24, 2.45) is 5.73 Å². The zero-order chi connectivity index (χ0) is 16.8. The summed E-state index contributed by atoms with van der Waals surface area (Å²) in [4.78, 5) is 12.1. The predicted octanol–water partition coefficient (Wildman–Crippen LogP) is 4.04. The molecule has 2 aromatic rings. The van der Waals surface area contributed by atoms with Gasteiger partial charge in [0.1, 0.15) is 5.75 Å². The third-order valence-corrected chi connectivity index (χ3v) is 4.38. The maximum Gasteiger partial charge on any atom is 0.226 e. The molecule has 0 spiro atoms. The number of amides is 1. The largest absolute Gasteiger partial charge is 0.490 e. The molecule has 126 valence electrons. The van der Waals surface area contributed by atoms with Crippen molar-refractivity contribution in [3.8, 4) is 5.75 Å². The van der Waals surface area contributed by atoms with E-state index in [0.29, 0.717) is 6.10 Å². The van der Waals surface area contributed by atoms with Crippen LogP contribution >= 0.6 is 0 Å². The van der Waals surface area contributed by atoms with Crippen LogP contribution in [-0.4, -0.2) is 12.0 Å². The number of rotatable bonds is 6. The van der Waals surface area contributed by atoms with E-state index in [4.69, 9.17) is 10.5 Å². The SMILES string of the molecule is NC(CC(=O)Nc1ccc(OC2CCCC2)cc1)c1ccccc1. The smallest absolute Gasteiger partial charge is 0.226 e. The summed E-state index contributed by atoms with van der Waals surface area (Å²) < 4.78 is 5.92. The van der Waals surface area contributed by atoms with Gasteiger partial charge in [0, 0.05) is 18.2 Å². The summed E-state index contributed by atoms with van der Waals surface area (Å²) in [7, 11) is 0. The lowest BCUT2D eigenvalue weighted by atomic mass is 10.0. The van der Waals surface area contributed by atoms with E-state index in [1.807, 2.05) is 54.6 Å². The van der Waals surface area contributed by atoms with Gasteiger partial charge in [-0.2, -0.15) is 0 Å². The standard InChI is InChI=1S/C20H24N2O2/c21-19(15-6-2-1-3-7-15)14-20(23)22-16-10-12-18(13-11-16)24-17-8-4-5-9-17/h1-3,6-7,10-13,17,19H,4-5,8-9,14,21H2,(H,22,23). The number of anilines is 1. The molecular formula is C20H24N2O2. The minimum absolute atomic E-state index is 0.0872. The molecule has 4 nitrogen and oxygen atoms in total. The van der Waals surface area contributed by atoms with Crippen molar-refractivity contribution in [3.63, 3.8) is 0 Å². The number of benzene rings is 2. The first-order valence-electron chi connectivity index (χ1n) is 8.58. The van der Waals surface area contributed by atoms with Gasteiger partial charge in [0.2, 0.25) is 5.91 Å². The fraction of sp³-hybridized carbons (Fsp3) is 0.350. The maximum absolute atomic E-state index is 12.1. The molecule has 1 aliphatic carbocycles. The van der Waals surface area contributed by atoms with Crippen LogP contribution in [0.5, 0.6) is 5.75 Å². The molecule has 1 amide bonds. The number of carbonyl (C=O) groups excluding carboxylic acids is 1. The average molecular weight is 324 g/mol. The van der Waals surface area contributed by atoms with Crippen molar-refractivity contribution in [1.29, 1.82) is 0 Å². The Morgan fingerprint density at radius 1 is 1.08 bits per heavy atom. The van der Waals surface area contributed by atoms with E-state index < -0.39 is 0 Å². The fourth-order valence-corrected chi connectivity index (χ4v) is 3.05. The van der Waals surface area contributed by atoms with E-state index in [2.05, 4.69) is 5.32 Å². The molecule has 0 bridgehead atoms. The first kappa shape index (κ1) is 16.5. The molecule has 0 aliphatic heterocycles. The van der Waals surface area contributed by atoms with E-state index in [1.165, 1.54) is 12.8 Å². The molecule has 2 aromatic carbocycles. The number of nitrogens with one attached hydrogen (secondary N) is 1. The van der Waals surface area contributed by atoms with Crippen LogP contribution in [0.1, 0.15) is 43.7 Å². The Labute approximate surface area is 143 Å². The van der Waals surface area contributed by atoms with Gasteiger partial charge < -0.3 is 15.8 Å². The van der Waals surface area contributed by atoms with Crippen LogP contribution < -0.4 is 15.8 Å². The quantitative estimate of drug-likeness (QED) is 0.843. The molecule has 0 heterocycles. The Bertz CT molecular complexity index is 649. The second-order valence-electron chi connectivity index (χ2n) is 6.32. The number of ether oxygens (including phenoxy) is 1. The second-order valence-corrected chi connectivity index (χ2v) is 6.32. The van der Waals surface area contributed by atoms with Crippen LogP contribution in [0.4, 0.5) is 5.69 Å². The Hall–Kier alpha value is -2.33. The number of hydrogen-bond donors (Lipinski definition) is 2. The molecule has 0 aromatic heterocycles. The highest BCUT2D eigenvalue weighted by Crippen LogP contribution is 2.25. The first-order chi connectivity index (χ1) is 11.7. The number of carbonyl (C=O) groups is 1. The van der Waals surface area contributed by atoms with E-state index in [1.54, 1.807) is 0 Å². The van der Waals surface area contributed by atoms with Crippen molar-refractivity contribution in [2.75, 3.05) is 5.32 Å². The first-order valence-corrected chi connectivity index (χ1v) is 8.58. The molecule has 4 heteroatoms. The molecule has 0 saturated heterocycles. The highest BCUT2D eigenvalue weighted by atomic mass is 16.5. The molecule has 24 heavy (non-hydrogen) atoms. The molecule has 3 rings (SSSR count). The van der Waals surface area contributed by atoms with Crippen LogP contribution in [0.25, 0.3) is 0 Å². The van der Waals surface area contributed by atoms with Gasteiger partial charge in [-0.05, 0) is 55.5 Å². The van der Waals surface area contributed by atoms with Crippen LogP contribution in [0.2, 0.25) is 0 Å². The maximum atomic E-state index is 12.1. The van der Waals surface area contributed by atoms with Gasteiger partial charge in [-0.1, -0.05) is 30.3 Å². The molecule has 1 fully saturated rings. The Balaban J connectivity index is 1.50. The molecule has 1 atom stereocenters. The van der Waals surface area contributed by atoms with Gasteiger partial charge >= 0.3 is 0 Å². The zero-order valence-electron chi connectivity index (χ0n) is 13.8. The van der Waals surface area contributed by atoms with Crippen LogP contribution in [-0.2, 0) is 4.79 Å². The van der Waals surface area contributed by atoms with Crippen molar-refractivity contribution >= 4 is 11.6 Å². The second kappa shape index (κ2) is 7.97. The molecule has 1 aliphatic rings. The Morgan fingerprint density at radius 2 is 1.75 bits per heavy atom. The van der Waals surface area contributed by atoms with Crippen molar-refractivity contribution in [1.82, 2.24) is 0 Å². The van der Waals surface area contributed by atoms with Crippen LogP contribution in [0, 0.1) is 0 Å². The van der Waals surface area contributed by atoms with Crippen molar-refractivity contribution in [3.05, 3.63) is 60.2 Å². The topological polar surface area (TPSA) is 64.4 Å². The van der Waals surface area contributed by atoms with E-state index >= 15 is 0 Å². The van der Waals surface area contributed by atoms with E-state index in [-0.39, 0.29) is 18.4 Å². The summed E-state index contributed by atoms with van der Waals surface area (Å²) in [5.41, 5.74) is 7.81. The number of hydrogen-bond acceptors (Lipinski definition) is 3. The summed E-state index contributed by atoms with van der Waals surface area (Å²) in [5, 5.41) is 2.89. The molecule has 1 saturated carbocycles. The van der Waals surface area contributed by atoms with Gasteiger partial charge in [0.25, 0.3) is 0 Å². The average Bonchev–Trinajstić information content (AvgIpc) is 3.10. The Morgan fingerprint density at radius 3 is 2.42 bits per heavy atom. The third-order valence-electron chi connectivity index (χ3n) is 4.38. The summed E-state index contributed by atoms with van der Waals surface area (Å²) in [5.74, 6) is 0.775. The fourth-order valence-electron chi connectivity index (χ4n) is 3.05. The summed E-state index contributed by atoms with van der Waals surface area (Å²) >= 11 is 0. The lowest BCUT2D eigenvalue weighted by molar-refractivity contribution is -0.116. The highest BCUT2D eigenvalue weighted by Gasteiger charge is 2.16. The lowest BCUT2D eigenvalue weighted by Gasteiger charge is -2.14. The van der Waals surface area contributed by atoms with E-state index in [9.17, 15) is 4.79 Å². The Kier molecular flexibility index (Phi) is 5.49. The third kappa shape index (κ3) is 4.59. The van der Waals surface area contributed by atoms with Gasteiger partial charge in [0.05, 0.1) is 6.10 Å². The molecule has 3 N–H and O–H groups in total. The number of nitrogens with two attached hydrogens (primary N) is 1. The zero-order valence-corrected chi connectivity index (χ0v) is 13.8. The summed E-state index contributed by atoms with van der Waals surface area (Å²) in [6.45, 7) is 0. The normalized spacial score (nSPS) is 15.9. The molecule has 0 radical (unpaired) electrons. The summed E-state index contributed by atoms with van der Waals surface area (Å²) in [6.07, 6.45) is 5.37. The minimum atomic E-state index is -0.295. The van der Waals surface area contributed by atoms with Crippen LogP contribution in [0.15, 0.2) is 54.6 Å². The van der Waals surface area contributed by atoms with Gasteiger partial charge in [-0.15, -0.1) is 0 Å². The van der Waals surface area contributed by atoms with Gasteiger partial charge in [0.15, 0.2) is 0 Å². The van der Waals surface area contributed by atoms with Gasteiger partial charge in [-0.25, -0.2) is 0 Å². The highest BCUT2D eigenvalue weighted by molar-refractivity contribution is 5.91. The lowest BCUT2D eigenvalue weighted by Crippen LogP contribution is -2.20. The van der Waals surface area contributed by atoms with E-state index in [0.717, 1.165) is 29.8 Å². The van der Waals surface area contributed by atoms with Crippen molar-refractivity contribution in [2.45, 2.75) is 44.2 Å². The monoisotopic (exact) mass is 324 g/mol. The van der Waals surface area contributed by atoms with Crippen LogP contribution in [0.3, 0.4) is 0 Å². The predicted molar refractivity (Wildman–Crippen MR) is 95.9 cm³/mol. The van der Waals surface area contributed by atoms with Crippen molar-refractivity contribution < 1.29 is 9.53 Å². The molecular weight excluding hydrogens is 300 g/mol. The molecule has 1 unspecified atom stereocenters. The summed E-state index contributed by atoms with van der Waals surface area (Å²) in [6, 6.07) is 16.9. The van der Waals surface area contributed by atoms with Gasteiger partial charge in [-0.3, -0.25) is 4.79 Å². The minimum Gasteiger partial charge on any atom is -0.490 e.